The maximum atomic E-state index is 12.7. The molecule has 1 aromatic heterocycles. The second kappa shape index (κ2) is 7.72. The molecule has 28 heavy (non-hydrogen) atoms. The predicted molar refractivity (Wildman–Crippen MR) is 108 cm³/mol. The van der Waals surface area contributed by atoms with E-state index in [1.165, 1.54) is 22.3 Å². The Bertz CT molecular complexity index is 977. The van der Waals surface area contributed by atoms with Gasteiger partial charge >= 0.3 is 0 Å². The van der Waals surface area contributed by atoms with E-state index >= 15 is 0 Å². The van der Waals surface area contributed by atoms with Gasteiger partial charge in [-0.25, -0.2) is 0 Å². The van der Waals surface area contributed by atoms with Crippen molar-refractivity contribution in [3.05, 3.63) is 83.8 Å². The average Bonchev–Trinajstić information content (AvgIpc) is 3.28. The first kappa shape index (κ1) is 18.0. The van der Waals surface area contributed by atoms with Crippen LogP contribution in [0.2, 0.25) is 0 Å². The molecule has 5 heteroatoms. The van der Waals surface area contributed by atoms with Crippen LogP contribution in [0.15, 0.2) is 71.3 Å². The second-order valence-electron chi connectivity index (χ2n) is 7.09. The van der Waals surface area contributed by atoms with Crippen molar-refractivity contribution < 1.29 is 14.0 Å². The van der Waals surface area contributed by atoms with Crippen molar-refractivity contribution in [2.75, 3.05) is 17.3 Å². The van der Waals surface area contributed by atoms with Gasteiger partial charge in [-0.1, -0.05) is 24.3 Å². The van der Waals surface area contributed by atoms with Crippen LogP contribution in [0.3, 0.4) is 0 Å². The number of hydrogen-bond donors (Lipinski definition) is 1. The summed E-state index contributed by atoms with van der Waals surface area (Å²) in [6, 6.07) is 18.9. The van der Waals surface area contributed by atoms with Crippen LogP contribution in [0.25, 0.3) is 0 Å². The summed E-state index contributed by atoms with van der Waals surface area (Å²) in [5, 5.41) is 3.00. The standard InChI is InChI=1S/C23H22N2O3/c1-25(23(27)21-7-4-14-28-21)20-12-10-19(11-13-20)24-22(26)18-9-8-16-5-2-3-6-17(16)15-18/h2-7,10-14,18H,8-9,15H2,1H3,(H,24,26)/t18-/m0/s1. The summed E-state index contributed by atoms with van der Waals surface area (Å²) in [6.45, 7) is 0. The number of carbonyl (C=O) groups is 2. The van der Waals surface area contributed by atoms with Gasteiger partial charge in [0.15, 0.2) is 5.76 Å². The molecule has 1 heterocycles. The molecule has 4 rings (SSSR count). The number of nitrogens with zero attached hydrogens (tertiary/aromatic N) is 1. The average molecular weight is 374 g/mol. The molecule has 1 aliphatic carbocycles. The van der Waals surface area contributed by atoms with Crippen molar-refractivity contribution in [2.24, 2.45) is 5.92 Å². The van der Waals surface area contributed by atoms with E-state index in [0.717, 1.165) is 30.6 Å². The van der Waals surface area contributed by atoms with Crippen LogP contribution in [-0.4, -0.2) is 18.9 Å². The van der Waals surface area contributed by atoms with E-state index in [4.69, 9.17) is 4.42 Å². The largest absolute Gasteiger partial charge is 0.459 e. The Balaban J connectivity index is 1.39. The van der Waals surface area contributed by atoms with E-state index in [9.17, 15) is 9.59 Å². The normalized spacial score (nSPS) is 15.5. The van der Waals surface area contributed by atoms with Crippen molar-refractivity contribution in [1.29, 1.82) is 0 Å². The number of amides is 2. The lowest BCUT2D eigenvalue weighted by Crippen LogP contribution is -2.28. The van der Waals surface area contributed by atoms with Gasteiger partial charge in [-0.15, -0.1) is 0 Å². The van der Waals surface area contributed by atoms with Crippen molar-refractivity contribution >= 4 is 23.2 Å². The number of anilines is 2. The number of benzene rings is 2. The topological polar surface area (TPSA) is 62.6 Å². The molecular weight excluding hydrogens is 352 g/mol. The van der Waals surface area contributed by atoms with Gasteiger partial charge in [0.2, 0.25) is 5.91 Å². The molecule has 5 nitrogen and oxygen atoms in total. The highest BCUT2D eigenvalue weighted by Crippen LogP contribution is 2.27. The molecule has 0 bridgehead atoms. The Morgan fingerprint density at radius 3 is 2.46 bits per heavy atom. The fourth-order valence-corrected chi connectivity index (χ4v) is 3.62. The summed E-state index contributed by atoms with van der Waals surface area (Å²) in [5.41, 5.74) is 4.07. The molecule has 1 atom stereocenters. The fraction of sp³-hybridized carbons (Fsp3) is 0.217. The van der Waals surface area contributed by atoms with E-state index in [1.807, 2.05) is 30.3 Å². The molecule has 2 aromatic carbocycles. The lowest BCUT2D eigenvalue weighted by atomic mass is 9.83. The van der Waals surface area contributed by atoms with Gasteiger partial charge in [0.1, 0.15) is 0 Å². The molecular formula is C23H22N2O3. The van der Waals surface area contributed by atoms with Crippen LogP contribution in [0.1, 0.15) is 28.1 Å². The van der Waals surface area contributed by atoms with Gasteiger partial charge in [-0.3, -0.25) is 9.59 Å². The highest BCUT2D eigenvalue weighted by molar-refractivity contribution is 6.04. The Morgan fingerprint density at radius 1 is 1.00 bits per heavy atom. The molecule has 1 N–H and O–H groups in total. The van der Waals surface area contributed by atoms with E-state index in [2.05, 4.69) is 23.5 Å². The molecule has 0 unspecified atom stereocenters. The Hall–Kier alpha value is -3.34. The van der Waals surface area contributed by atoms with Crippen LogP contribution < -0.4 is 10.2 Å². The smallest absolute Gasteiger partial charge is 0.293 e. The zero-order valence-electron chi connectivity index (χ0n) is 15.7. The molecule has 0 saturated carbocycles. The molecule has 0 radical (unpaired) electrons. The summed E-state index contributed by atoms with van der Waals surface area (Å²) in [6.07, 6.45) is 4.05. The van der Waals surface area contributed by atoms with Crippen LogP contribution in [0.5, 0.6) is 0 Å². The Kier molecular flexibility index (Phi) is 4.98. The molecule has 2 amide bonds. The summed E-state index contributed by atoms with van der Waals surface area (Å²) in [4.78, 5) is 26.5. The molecule has 142 valence electrons. The third-order valence-electron chi connectivity index (χ3n) is 5.28. The van der Waals surface area contributed by atoms with Crippen LogP contribution in [-0.2, 0) is 17.6 Å². The van der Waals surface area contributed by atoms with Gasteiger partial charge in [0, 0.05) is 24.3 Å². The van der Waals surface area contributed by atoms with E-state index in [1.54, 1.807) is 19.2 Å². The first-order chi connectivity index (χ1) is 13.6. The SMILES string of the molecule is CN(C(=O)c1ccco1)c1ccc(NC(=O)[C@H]2CCc3ccccc3C2)cc1. The van der Waals surface area contributed by atoms with Gasteiger partial charge in [-0.2, -0.15) is 0 Å². The zero-order chi connectivity index (χ0) is 19.5. The number of hydrogen-bond acceptors (Lipinski definition) is 3. The number of fused-ring (bicyclic) bond motifs is 1. The lowest BCUT2D eigenvalue weighted by Gasteiger charge is -2.24. The Labute approximate surface area is 164 Å². The molecule has 3 aromatic rings. The summed E-state index contributed by atoms with van der Waals surface area (Å²) in [5.74, 6) is 0.0974. The summed E-state index contributed by atoms with van der Waals surface area (Å²) >= 11 is 0. The predicted octanol–water partition coefficient (Wildman–Crippen LogP) is 4.30. The Morgan fingerprint density at radius 2 is 1.75 bits per heavy atom. The number of nitrogens with one attached hydrogen (secondary N) is 1. The number of rotatable bonds is 4. The van der Waals surface area contributed by atoms with Gasteiger partial charge < -0.3 is 14.6 Å². The number of furan rings is 1. The quantitative estimate of drug-likeness (QED) is 0.741. The molecule has 0 aliphatic heterocycles. The minimum absolute atomic E-state index is 0.0159. The van der Waals surface area contributed by atoms with Crippen molar-refractivity contribution in [3.8, 4) is 0 Å². The van der Waals surface area contributed by atoms with Crippen molar-refractivity contribution in [3.63, 3.8) is 0 Å². The first-order valence-electron chi connectivity index (χ1n) is 9.41. The van der Waals surface area contributed by atoms with Gasteiger partial charge in [0.25, 0.3) is 5.91 Å². The monoisotopic (exact) mass is 374 g/mol. The maximum Gasteiger partial charge on any atom is 0.293 e. The molecule has 0 spiro atoms. The fourth-order valence-electron chi connectivity index (χ4n) is 3.62. The number of aryl methyl sites for hydroxylation is 1. The van der Waals surface area contributed by atoms with Crippen LogP contribution >= 0.6 is 0 Å². The summed E-state index contributed by atoms with van der Waals surface area (Å²) in [7, 11) is 1.69. The highest BCUT2D eigenvalue weighted by Gasteiger charge is 2.24. The molecule has 1 aliphatic rings. The van der Waals surface area contributed by atoms with Crippen molar-refractivity contribution in [1.82, 2.24) is 0 Å². The molecule has 0 saturated heterocycles. The minimum atomic E-state index is -0.220. The van der Waals surface area contributed by atoms with Crippen molar-refractivity contribution in [2.45, 2.75) is 19.3 Å². The van der Waals surface area contributed by atoms with E-state index in [0.29, 0.717) is 0 Å². The van der Waals surface area contributed by atoms with E-state index < -0.39 is 0 Å². The third-order valence-corrected chi connectivity index (χ3v) is 5.28. The van der Waals surface area contributed by atoms with Gasteiger partial charge in [-0.05, 0) is 66.8 Å². The highest BCUT2D eigenvalue weighted by atomic mass is 16.3. The maximum absolute atomic E-state index is 12.7. The number of carbonyl (C=O) groups excluding carboxylic acids is 2. The third kappa shape index (κ3) is 3.69. The minimum Gasteiger partial charge on any atom is -0.459 e. The van der Waals surface area contributed by atoms with Crippen LogP contribution in [0.4, 0.5) is 11.4 Å². The second-order valence-corrected chi connectivity index (χ2v) is 7.09. The summed E-state index contributed by atoms with van der Waals surface area (Å²) < 4.78 is 5.16. The first-order valence-corrected chi connectivity index (χ1v) is 9.41. The van der Waals surface area contributed by atoms with E-state index in [-0.39, 0.29) is 23.5 Å². The molecule has 0 fully saturated rings. The van der Waals surface area contributed by atoms with Gasteiger partial charge in [0.05, 0.1) is 6.26 Å². The lowest BCUT2D eigenvalue weighted by molar-refractivity contribution is -0.120. The zero-order valence-corrected chi connectivity index (χ0v) is 15.7. The van der Waals surface area contributed by atoms with Crippen LogP contribution in [0, 0.1) is 5.92 Å².